The van der Waals surface area contributed by atoms with E-state index in [9.17, 15) is 13.2 Å². The third kappa shape index (κ3) is 1.61. The van der Waals surface area contributed by atoms with Gasteiger partial charge in [0.15, 0.2) is 0 Å². The van der Waals surface area contributed by atoms with E-state index in [0.717, 1.165) is 0 Å². The van der Waals surface area contributed by atoms with E-state index in [2.05, 4.69) is 4.72 Å². The van der Waals surface area contributed by atoms with Gasteiger partial charge in [0.05, 0.1) is 11.4 Å². The van der Waals surface area contributed by atoms with Crippen molar-refractivity contribution in [1.29, 1.82) is 0 Å². The van der Waals surface area contributed by atoms with Crippen LogP contribution in [0.15, 0.2) is 0 Å². The third-order valence-electron chi connectivity index (χ3n) is 5.03. The minimum absolute atomic E-state index is 0.0492. The average molecular weight is 288 g/mol. The lowest BCUT2D eigenvalue weighted by Crippen LogP contribution is -2.80. The molecular weight excluding hydrogens is 268 g/mol. The number of carbonyl (C=O) groups excluding carboxylic acids is 1. The van der Waals surface area contributed by atoms with E-state index in [-0.39, 0.29) is 12.0 Å². The molecule has 3 unspecified atom stereocenters. The number of fused-ring (bicyclic) bond motifs is 1. The first-order valence-corrected chi connectivity index (χ1v) is 8.22. The summed E-state index contributed by atoms with van der Waals surface area (Å²) in [5.74, 6) is -0.659. The molecule has 6 nitrogen and oxygen atoms in total. The van der Waals surface area contributed by atoms with Gasteiger partial charge in [-0.15, -0.1) is 0 Å². The minimum Gasteiger partial charge on any atom is -0.377 e. The Balaban J connectivity index is 1.82. The molecule has 1 amide bonds. The molecule has 108 valence electrons. The van der Waals surface area contributed by atoms with E-state index in [0.29, 0.717) is 25.9 Å². The summed E-state index contributed by atoms with van der Waals surface area (Å²) in [7, 11) is -3.54. The van der Waals surface area contributed by atoms with Gasteiger partial charge < -0.3 is 10.5 Å². The fourth-order valence-corrected chi connectivity index (χ4v) is 4.87. The van der Waals surface area contributed by atoms with Crippen LogP contribution in [0.25, 0.3) is 0 Å². The summed E-state index contributed by atoms with van der Waals surface area (Å²) < 4.78 is 31.5. The van der Waals surface area contributed by atoms with E-state index < -0.39 is 32.1 Å². The first kappa shape index (κ1) is 13.3. The Kier molecular flexibility index (Phi) is 2.60. The number of nitrogens with one attached hydrogen (secondary N) is 1. The lowest BCUT2D eigenvalue weighted by atomic mass is 9.48. The molecule has 0 aromatic carbocycles. The summed E-state index contributed by atoms with van der Waals surface area (Å²) >= 11 is 0. The Bertz CT molecular complexity index is 526. The van der Waals surface area contributed by atoms with Crippen LogP contribution in [0.1, 0.15) is 33.1 Å². The van der Waals surface area contributed by atoms with Crippen LogP contribution in [0.3, 0.4) is 0 Å². The predicted molar refractivity (Wildman–Crippen MR) is 68.6 cm³/mol. The molecule has 3 rings (SSSR count). The maximum Gasteiger partial charge on any atom is 0.254 e. The molecule has 3 fully saturated rings. The molecule has 0 spiro atoms. The lowest BCUT2D eigenvalue weighted by molar-refractivity contribution is -0.173. The van der Waals surface area contributed by atoms with Crippen molar-refractivity contribution in [2.45, 2.75) is 50.0 Å². The molecule has 1 saturated heterocycles. The molecule has 3 N–H and O–H groups in total. The number of sulfonamides is 1. The second-order valence-electron chi connectivity index (χ2n) is 6.45. The molecule has 0 bridgehead atoms. The molecule has 7 heteroatoms. The van der Waals surface area contributed by atoms with Gasteiger partial charge in [0.1, 0.15) is 5.54 Å². The Labute approximate surface area is 113 Å². The van der Waals surface area contributed by atoms with E-state index in [1.165, 1.54) is 0 Å². The summed E-state index contributed by atoms with van der Waals surface area (Å²) in [6.07, 6.45) is 1.91. The maximum absolute atomic E-state index is 12.4. The smallest absolute Gasteiger partial charge is 0.254 e. The van der Waals surface area contributed by atoms with Gasteiger partial charge in [-0.2, -0.15) is 0 Å². The lowest BCUT2D eigenvalue weighted by Gasteiger charge is -2.60. The summed E-state index contributed by atoms with van der Waals surface area (Å²) in [6.45, 7) is 4.31. The molecule has 19 heavy (non-hydrogen) atoms. The summed E-state index contributed by atoms with van der Waals surface area (Å²) in [6, 6.07) is 0. The fourth-order valence-electron chi connectivity index (χ4n) is 3.52. The summed E-state index contributed by atoms with van der Waals surface area (Å²) in [5.41, 5.74) is 4.58. The number of rotatable bonds is 3. The van der Waals surface area contributed by atoms with Gasteiger partial charge in [0, 0.05) is 17.9 Å². The van der Waals surface area contributed by atoms with E-state index in [4.69, 9.17) is 10.5 Å². The largest absolute Gasteiger partial charge is 0.377 e. The predicted octanol–water partition coefficient (Wildman–Crippen LogP) is -0.263. The molecule has 0 aromatic heterocycles. The van der Waals surface area contributed by atoms with Crippen LogP contribution >= 0.6 is 0 Å². The normalized spacial score (nSPS) is 40.4. The topological polar surface area (TPSA) is 98.5 Å². The van der Waals surface area contributed by atoms with Crippen molar-refractivity contribution >= 4 is 15.9 Å². The third-order valence-corrected chi connectivity index (χ3v) is 6.85. The SMILES string of the molecule is CC1(C)C2OCCC2C1(N)C(=O)NS(=O)(=O)C1CC1. The van der Waals surface area contributed by atoms with Crippen LogP contribution in [0.5, 0.6) is 0 Å². The minimum atomic E-state index is -3.54. The Hall–Kier alpha value is -0.660. The van der Waals surface area contributed by atoms with Crippen LogP contribution < -0.4 is 10.5 Å². The molecule has 3 aliphatic rings. The summed E-state index contributed by atoms with van der Waals surface area (Å²) in [4.78, 5) is 12.4. The molecule has 0 aromatic rings. The number of hydrogen-bond acceptors (Lipinski definition) is 5. The van der Waals surface area contributed by atoms with Crippen molar-refractivity contribution in [2.75, 3.05) is 6.61 Å². The number of ether oxygens (including phenoxy) is 1. The molecule has 3 atom stereocenters. The first-order valence-electron chi connectivity index (χ1n) is 6.68. The van der Waals surface area contributed by atoms with E-state index in [1.807, 2.05) is 13.8 Å². The van der Waals surface area contributed by atoms with Crippen LogP contribution in [-0.4, -0.2) is 37.8 Å². The Morgan fingerprint density at radius 1 is 1.32 bits per heavy atom. The quantitative estimate of drug-likeness (QED) is 0.745. The maximum atomic E-state index is 12.4. The van der Waals surface area contributed by atoms with E-state index in [1.54, 1.807) is 0 Å². The fraction of sp³-hybridized carbons (Fsp3) is 0.917. The zero-order chi connectivity index (χ0) is 14.1. The second-order valence-corrected chi connectivity index (χ2v) is 8.41. The number of carbonyl (C=O) groups is 1. The highest BCUT2D eigenvalue weighted by Crippen LogP contribution is 2.58. The monoisotopic (exact) mass is 288 g/mol. The van der Waals surface area contributed by atoms with Gasteiger partial charge in [0.2, 0.25) is 10.0 Å². The van der Waals surface area contributed by atoms with Gasteiger partial charge in [-0.05, 0) is 19.3 Å². The highest BCUT2D eigenvalue weighted by molar-refractivity contribution is 7.90. The van der Waals surface area contributed by atoms with Crippen molar-refractivity contribution in [3.05, 3.63) is 0 Å². The van der Waals surface area contributed by atoms with Gasteiger partial charge in [-0.1, -0.05) is 13.8 Å². The van der Waals surface area contributed by atoms with Crippen molar-refractivity contribution in [1.82, 2.24) is 4.72 Å². The van der Waals surface area contributed by atoms with Crippen LogP contribution in [0.2, 0.25) is 0 Å². The molecule has 2 saturated carbocycles. The van der Waals surface area contributed by atoms with Crippen molar-refractivity contribution < 1.29 is 17.9 Å². The van der Waals surface area contributed by atoms with Crippen molar-refractivity contribution in [3.63, 3.8) is 0 Å². The van der Waals surface area contributed by atoms with Gasteiger partial charge in [-0.3, -0.25) is 9.52 Å². The standard InChI is InChI=1S/C12H20N2O4S/c1-11(2)9-8(5-6-18-9)12(11,13)10(15)14-19(16,17)7-3-4-7/h7-9H,3-6,13H2,1-2H3,(H,14,15). The van der Waals surface area contributed by atoms with Crippen LogP contribution in [0, 0.1) is 11.3 Å². The highest BCUT2D eigenvalue weighted by atomic mass is 32.2. The van der Waals surface area contributed by atoms with Gasteiger partial charge in [-0.25, -0.2) is 8.42 Å². The first-order chi connectivity index (χ1) is 8.71. The van der Waals surface area contributed by atoms with Crippen LogP contribution in [0.4, 0.5) is 0 Å². The van der Waals surface area contributed by atoms with Crippen LogP contribution in [-0.2, 0) is 19.6 Å². The zero-order valence-corrected chi connectivity index (χ0v) is 12.0. The molecule has 1 aliphatic heterocycles. The Morgan fingerprint density at radius 2 is 1.95 bits per heavy atom. The zero-order valence-electron chi connectivity index (χ0n) is 11.2. The highest BCUT2D eigenvalue weighted by Gasteiger charge is 2.71. The van der Waals surface area contributed by atoms with Crippen molar-refractivity contribution in [3.8, 4) is 0 Å². The number of amides is 1. The number of hydrogen-bond donors (Lipinski definition) is 2. The van der Waals surface area contributed by atoms with E-state index >= 15 is 0 Å². The van der Waals surface area contributed by atoms with Gasteiger partial charge >= 0.3 is 0 Å². The van der Waals surface area contributed by atoms with Crippen molar-refractivity contribution in [2.24, 2.45) is 17.1 Å². The second kappa shape index (κ2) is 3.71. The average Bonchev–Trinajstić information content (AvgIpc) is 3.06. The van der Waals surface area contributed by atoms with Gasteiger partial charge in [0.25, 0.3) is 5.91 Å². The Morgan fingerprint density at radius 3 is 2.53 bits per heavy atom. The summed E-state index contributed by atoms with van der Waals surface area (Å²) in [5, 5.41) is -0.418. The number of nitrogens with two attached hydrogens (primary N) is 1. The molecule has 2 aliphatic carbocycles. The molecule has 0 radical (unpaired) electrons. The molecule has 1 heterocycles. The molecular formula is C12H20N2O4S.